The fourth-order valence-corrected chi connectivity index (χ4v) is 2.54. The zero-order chi connectivity index (χ0) is 16.2. The Morgan fingerprint density at radius 1 is 1.14 bits per heavy atom. The van der Waals surface area contributed by atoms with Crippen molar-refractivity contribution < 1.29 is 17.9 Å². The summed E-state index contributed by atoms with van der Waals surface area (Å²) in [5.74, 6) is 0.196. The number of benzene rings is 2. The van der Waals surface area contributed by atoms with Gasteiger partial charge in [-0.25, -0.2) is 13.6 Å². The predicted molar refractivity (Wildman–Crippen MR) is 86.1 cm³/mol. The molecule has 0 saturated carbocycles. The first-order valence-electron chi connectivity index (χ1n) is 6.16. The van der Waals surface area contributed by atoms with Gasteiger partial charge < -0.3 is 10.1 Å². The maximum absolute atomic E-state index is 11.8. The van der Waals surface area contributed by atoms with Crippen LogP contribution in [0.1, 0.15) is 0 Å². The predicted octanol–water partition coefficient (Wildman–Crippen LogP) is 2.11. The van der Waals surface area contributed by atoms with E-state index >= 15 is 0 Å². The summed E-state index contributed by atoms with van der Waals surface area (Å²) < 4.78 is 28.4. The summed E-state index contributed by atoms with van der Waals surface area (Å²) in [6.07, 6.45) is 0. The number of halogens is 1. The van der Waals surface area contributed by atoms with Gasteiger partial charge in [0.25, 0.3) is 5.91 Å². The maximum atomic E-state index is 11.8. The Labute approximate surface area is 136 Å². The number of anilines is 1. The van der Waals surface area contributed by atoms with Crippen molar-refractivity contribution in [3.8, 4) is 5.75 Å². The van der Waals surface area contributed by atoms with E-state index in [9.17, 15) is 13.2 Å². The Bertz CT molecular complexity index is 776. The van der Waals surface area contributed by atoms with Gasteiger partial charge in [-0.1, -0.05) is 12.1 Å². The summed E-state index contributed by atoms with van der Waals surface area (Å²) in [7, 11) is -3.74. The Morgan fingerprint density at radius 3 is 2.36 bits per heavy atom. The highest BCUT2D eigenvalue weighted by Gasteiger charge is 2.09. The average Bonchev–Trinajstić information content (AvgIpc) is 2.46. The molecule has 0 fully saturated rings. The van der Waals surface area contributed by atoms with Crippen LogP contribution in [0.4, 0.5) is 5.69 Å². The van der Waals surface area contributed by atoms with Gasteiger partial charge in [0.2, 0.25) is 10.0 Å². The van der Waals surface area contributed by atoms with Crippen molar-refractivity contribution in [1.29, 1.82) is 0 Å². The zero-order valence-electron chi connectivity index (χ0n) is 11.3. The van der Waals surface area contributed by atoms with E-state index in [-0.39, 0.29) is 17.4 Å². The van der Waals surface area contributed by atoms with Gasteiger partial charge in [0, 0.05) is 5.69 Å². The lowest BCUT2D eigenvalue weighted by atomic mass is 10.3. The molecule has 0 aromatic heterocycles. The minimum atomic E-state index is -3.74. The van der Waals surface area contributed by atoms with Crippen LogP contribution in [0.25, 0.3) is 0 Å². The molecular formula is C14H13BrN2O4S. The van der Waals surface area contributed by atoms with Crippen LogP contribution >= 0.6 is 15.9 Å². The molecule has 3 N–H and O–H groups in total. The lowest BCUT2D eigenvalue weighted by Crippen LogP contribution is -2.20. The van der Waals surface area contributed by atoms with Gasteiger partial charge in [-0.15, -0.1) is 0 Å². The topological polar surface area (TPSA) is 98.5 Å². The van der Waals surface area contributed by atoms with Crippen molar-refractivity contribution >= 4 is 37.5 Å². The number of carbonyl (C=O) groups is 1. The van der Waals surface area contributed by atoms with Gasteiger partial charge in [0.05, 0.1) is 9.37 Å². The van der Waals surface area contributed by atoms with Crippen molar-refractivity contribution in [2.45, 2.75) is 4.90 Å². The molecule has 2 aromatic carbocycles. The molecule has 2 aromatic rings. The van der Waals surface area contributed by atoms with Gasteiger partial charge >= 0.3 is 0 Å². The molecule has 0 bridgehead atoms. The number of rotatable bonds is 5. The molecule has 0 radical (unpaired) electrons. The van der Waals surface area contributed by atoms with Crippen LogP contribution < -0.4 is 15.2 Å². The van der Waals surface area contributed by atoms with Crippen LogP contribution in [-0.2, 0) is 14.8 Å². The second-order valence-electron chi connectivity index (χ2n) is 4.34. The molecule has 0 aliphatic heterocycles. The number of para-hydroxylation sites is 1. The molecule has 0 aliphatic carbocycles. The minimum Gasteiger partial charge on any atom is -0.483 e. The van der Waals surface area contributed by atoms with E-state index in [0.29, 0.717) is 11.4 Å². The van der Waals surface area contributed by atoms with Crippen LogP contribution in [0.5, 0.6) is 5.75 Å². The molecule has 22 heavy (non-hydrogen) atoms. The number of sulfonamides is 1. The number of nitrogens with one attached hydrogen (secondary N) is 1. The molecule has 0 atom stereocenters. The fourth-order valence-electron chi connectivity index (χ4n) is 1.63. The van der Waals surface area contributed by atoms with E-state index in [0.717, 1.165) is 4.47 Å². The number of amides is 1. The van der Waals surface area contributed by atoms with Crippen molar-refractivity contribution in [2.24, 2.45) is 5.14 Å². The quantitative estimate of drug-likeness (QED) is 0.824. The highest BCUT2D eigenvalue weighted by atomic mass is 79.9. The summed E-state index contributed by atoms with van der Waals surface area (Å²) in [5, 5.41) is 7.59. The molecule has 8 heteroatoms. The van der Waals surface area contributed by atoms with E-state index < -0.39 is 10.0 Å². The lowest BCUT2D eigenvalue weighted by molar-refractivity contribution is -0.118. The number of hydrogen-bond acceptors (Lipinski definition) is 4. The fraction of sp³-hybridized carbons (Fsp3) is 0.0714. The second-order valence-corrected chi connectivity index (χ2v) is 6.75. The first-order valence-corrected chi connectivity index (χ1v) is 8.50. The monoisotopic (exact) mass is 384 g/mol. The molecular weight excluding hydrogens is 372 g/mol. The first kappa shape index (κ1) is 16.5. The van der Waals surface area contributed by atoms with Gasteiger partial charge in [-0.2, -0.15) is 0 Å². The summed E-state index contributed by atoms with van der Waals surface area (Å²) in [4.78, 5) is 11.8. The molecule has 0 aliphatic rings. The van der Waals surface area contributed by atoms with Crippen LogP contribution in [0, 0.1) is 0 Å². The minimum absolute atomic E-state index is 0.0186. The Kier molecular flexibility index (Phi) is 5.17. The molecule has 0 spiro atoms. The number of nitrogens with two attached hydrogens (primary N) is 1. The van der Waals surface area contributed by atoms with E-state index in [1.54, 1.807) is 18.2 Å². The van der Waals surface area contributed by atoms with Crippen molar-refractivity contribution in [2.75, 3.05) is 11.9 Å². The second kappa shape index (κ2) is 6.91. The number of primary sulfonamides is 1. The molecule has 0 heterocycles. The highest BCUT2D eigenvalue weighted by Crippen LogP contribution is 2.23. The van der Waals surface area contributed by atoms with E-state index in [1.165, 1.54) is 24.3 Å². The average molecular weight is 385 g/mol. The van der Waals surface area contributed by atoms with E-state index in [1.807, 2.05) is 6.07 Å². The molecule has 2 rings (SSSR count). The third kappa shape index (κ3) is 4.55. The number of ether oxygens (including phenoxy) is 1. The number of hydrogen-bond donors (Lipinski definition) is 2. The van der Waals surface area contributed by atoms with Crippen LogP contribution in [-0.4, -0.2) is 20.9 Å². The first-order chi connectivity index (χ1) is 10.4. The Morgan fingerprint density at radius 2 is 1.77 bits per heavy atom. The van der Waals surface area contributed by atoms with Crippen molar-refractivity contribution in [3.05, 3.63) is 53.0 Å². The molecule has 0 saturated heterocycles. The normalized spacial score (nSPS) is 11.0. The smallest absolute Gasteiger partial charge is 0.262 e. The van der Waals surface area contributed by atoms with Gasteiger partial charge in [0.1, 0.15) is 5.75 Å². The maximum Gasteiger partial charge on any atom is 0.262 e. The number of carbonyl (C=O) groups excluding carboxylic acids is 1. The van der Waals surface area contributed by atoms with Gasteiger partial charge in [-0.3, -0.25) is 4.79 Å². The molecule has 6 nitrogen and oxygen atoms in total. The third-order valence-corrected chi connectivity index (χ3v) is 4.25. The van der Waals surface area contributed by atoms with Crippen molar-refractivity contribution in [1.82, 2.24) is 0 Å². The van der Waals surface area contributed by atoms with Gasteiger partial charge in [0.15, 0.2) is 6.61 Å². The summed E-state index contributed by atoms with van der Waals surface area (Å²) in [5.41, 5.74) is 0.452. The highest BCUT2D eigenvalue weighted by molar-refractivity contribution is 9.10. The largest absolute Gasteiger partial charge is 0.483 e. The lowest BCUT2D eigenvalue weighted by Gasteiger charge is -2.09. The molecule has 116 valence electrons. The van der Waals surface area contributed by atoms with Crippen molar-refractivity contribution in [3.63, 3.8) is 0 Å². The SMILES string of the molecule is NS(=O)(=O)c1ccc(NC(=O)COc2ccccc2Br)cc1. The third-order valence-electron chi connectivity index (χ3n) is 2.66. The van der Waals surface area contributed by atoms with Gasteiger partial charge in [-0.05, 0) is 52.3 Å². The Balaban J connectivity index is 1.94. The molecule has 0 unspecified atom stereocenters. The van der Waals surface area contributed by atoms with E-state index in [2.05, 4.69) is 21.2 Å². The van der Waals surface area contributed by atoms with Crippen LogP contribution in [0.15, 0.2) is 57.9 Å². The van der Waals surface area contributed by atoms with Crippen LogP contribution in [0.2, 0.25) is 0 Å². The van der Waals surface area contributed by atoms with E-state index in [4.69, 9.17) is 9.88 Å². The molecule has 1 amide bonds. The van der Waals surface area contributed by atoms with Crippen LogP contribution in [0.3, 0.4) is 0 Å². The zero-order valence-corrected chi connectivity index (χ0v) is 13.7. The Hall–Kier alpha value is -1.90. The standard InChI is InChI=1S/C14H13BrN2O4S/c15-12-3-1-2-4-13(12)21-9-14(18)17-10-5-7-11(8-6-10)22(16,19)20/h1-8H,9H2,(H,17,18)(H2,16,19,20). The summed E-state index contributed by atoms with van der Waals surface area (Å²) in [6.45, 7) is -0.167. The summed E-state index contributed by atoms with van der Waals surface area (Å²) in [6, 6.07) is 12.7. The summed E-state index contributed by atoms with van der Waals surface area (Å²) >= 11 is 3.31.